The van der Waals surface area contributed by atoms with Crippen LogP contribution in [0, 0.1) is 0 Å². The molecule has 0 saturated heterocycles. The Morgan fingerprint density at radius 1 is 1.03 bits per heavy atom. The van der Waals surface area contributed by atoms with Gasteiger partial charge in [0, 0.05) is 53.4 Å². The van der Waals surface area contributed by atoms with Crippen molar-refractivity contribution in [2.75, 3.05) is 32.2 Å². The number of fused-ring (bicyclic) bond motifs is 1. The van der Waals surface area contributed by atoms with Crippen LogP contribution in [0.2, 0.25) is 0 Å². The zero-order chi connectivity index (χ0) is 22.6. The fourth-order valence-corrected chi connectivity index (χ4v) is 3.52. The van der Waals surface area contributed by atoms with Gasteiger partial charge in [0.25, 0.3) is 0 Å². The highest BCUT2D eigenvalue weighted by molar-refractivity contribution is 5.95. The monoisotopic (exact) mass is 423 g/mol. The highest BCUT2D eigenvalue weighted by Crippen LogP contribution is 2.35. The van der Waals surface area contributed by atoms with Crippen molar-refractivity contribution in [3.63, 3.8) is 0 Å². The van der Waals surface area contributed by atoms with Gasteiger partial charge in [-0.3, -0.25) is 0 Å². The highest BCUT2D eigenvalue weighted by Gasteiger charge is 2.16. The average molecular weight is 424 g/mol. The Kier molecular flexibility index (Phi) is 6.95. The van der Waals surface area contributed by atoms with E-state index >= 15 is 0 Å². The van der Waals surface area contributed by atoms with Gasteiger partial charge < -0.3 is 19.7 Å². The standard InChI is InChI=1S/C24H33N5O2/c1-16(2)29(11-10-26-24(3,4)5)23-9-8-17(14-25-23)19-15-27-28-20-13-22(31-7)21(30-6)12-18(19)20/h8-9,12-16,26H,10-11H2,1-7H3. The van der Waals surface area contributed by atoms with Gasteiger partial charge in [0.15, 0.2) is 11.5 Å². The maximum Gasteiger partial charge on any atom is 0.162 e. The molecule has 0 unspecified atom stereocenters. The predicted octanol–water partition coefficient (Wildman–Crippen LogP) is 4.31. The number of hydrogen-bond acceptors (Lipinski definition) is 7. The first kappa shape index (κ1) is 22.7. The Morgan fingerprint density at radius 3 is 2.32 bits per heavy atom. The first-order chi connectivity index (χ1) is 14.7. The minimum atomic E-state index is 0.0963. The lowest BCUT2D eigenvalue weighted by molar-refractivity contribution is 0.356. The van der Waals surface area contributed by atoms with Crippen molar-refractivity contribution in [3.05, 3.63) is 36.7 Å². The van der Waals surface area contributed by atoms with Gasteiger partial charge in [-0.15, -0.1) is 0 Å². The van der Waals surface area contributed by atoms with Gasteiger partial charge >= 0.3 is 0 Å². The zero-order valence-electron chi connectivity index (χ0n) is 19.6. The second-order valence-electron chi connectivity index (χ2n) is 8.85. The van der Waals surface area contributed by atoms with Crippen LogP contribution < -0.4 is 19.7 Å². The van der Waals surface area contributed by atoms with Gasteiger partial charge in [-0.25, -0.2) is 4.98 Å². The van der Waals surface area contributed by atoms with Crippen LogP contribution in [-0.4, -0.2) is 54.1 Å². The molecule has 1 aromatic carbocycles. The number of aromatic nitrogens is 3. The van der Waals surface area contributed by atoms with Crippen molar-refractivity contribution in [1.82, 2.24) is 20.5 Å². The molecule has 0 aliphatic heterocycles. The largest absolute Gasteiger partial charge is 0.493 e. The third-order valence-electron chi connectivity index (χ3n) is 5.13. The van der Waals surface area contributed by atoms with E-state index in [0.717, 1.165) is 40.9 Å². The Balaban J connectivity index is 1.90. The van der Waals surface area contributed by atoms with Crippen LogP contribution in [0.1, 0.15) is 34.6 Å². The molecule has 0 spiro atoms. The number of pyridine rings is 1. The molecule has 166 valence electrons. The van der Waals surface area contributed by atoms with Crippen molar-refractivity contribution in [2.24, 2.45) is 0 Å². The van der Waals surface area contributed by atoms with E-state index in [4.69, 9.17) is 14.5 Å². The highest BCUT2D eigenvalue weighted by atomic mass is 16.5. The van der Waals surface area contributed by atoms with E-state index in [2.05, 4.69) is 67.2 Å². The predicted molar refractivity (Wildman–Crippen MR) is 126 cm³/mol. The fourth-order valence-electron chi connectivity index (χ4n) is 3.52. The molecular weight excluding hydrogens is 390 g/mol. The summed E-state index contributed by atoms with van der Waals surface area (Å²) in [4.78, 5) is 7.07. The minimum absolute atomic E-state index is 0.0963. The van der Waals surface area contributed by atoms with E-state index in [0.29, 0.717) is 17.5 Å². The van der Waals surface area contributed by atoms with Gasteiger partial charge in [0.2, 0.25) is 0 Å². The van der Waals surface area contributed by atoms with Crippen LogP contribution in [0.15, 0.2) is 36.7 Å². The maximum atomic E-state index is 5.47. The molecule has 3 aromatic rings. The van der Waals surface area contributed by atoms with Gasteiger partial charge in [0.05, 0.1) is 25.9 Å². The lowest BCUT2D eigenvalue weighted by atomic mass is 10.0. The Morgan fingerprint density at radius 2 is 1.74 bits per heavy atom. The zero-order valence-corrected chi connectivity index (χ0v) is 19.6. The molecule has 2 heterocycles. The molecule has 0 saturated carbocycles. The number of anilines is 1. The molecule has 3 rings (SSSR count). The Labute approximate surface area is 184 Å². The maximum absolute atomic E-state index is 5.47. The SMILES string of the molecule is COc1cc2nncc(-c3ccc(N(CCNC(C)(C)C)C(C)C)nc3)c2cc1OC. The van der Waals surface area contributed by atoms with Gasteiger partial charge in [-0.2, -0.15) is 10.2 Å². The van der Waals surface area contributed by atoms with Crippen molar-refractivity contribution in [3.8, 4) is 22.6 Å². The van der Waals surface area contributed by atoms with Crippen LogP contribution in [0.4, 0.5) is 5.82 Å². The molecule has 31 heavy (non-hydrogen) atoms. The molecule has 0 fully saturated rings. The van der Waals surface area contributed by atoms with Gasteiger partial charge in [0.1, 0.15) is 5.82 Å². The van der Waals surface area contributed by atoms with E-state index in [-0.39, 0.29) is 5.54 Å². The van der Waals surface area contributed by atoms with Crippen LogP contribution in [0.3, 0.4) is 0 Å². The topological polar surface area (TPSA) is 72.4 Å². The van der Waals surface area contributed by atoms with Crippen molar-refractivity contribution < 1.29 is 9.47 Å². The third-order valence-corrected chi connectivity index (χ3v) is 5.13. The molecule has 0 amide bonds. The van der Waals surface area contributed by atoms with Crippen molar-refractivity contribution in [1.29, 1.82) is 0 Å². The van der Waals surface area contributed by atoms with Crippen LogP contribution in [0.25, 0.3) is 22.0 Å². The van der Waals surface area contributed by atoms with Gasteiger partial charge in [-0.05, 0) is 52.8 Å². The lowest BCUT2D eigenvalue weighted by Gasteiger charge is -2.30. The first-order valence-corrected chi connectivity index (χ1v) is 10.6. The molecule has 7 nitrogen and oxygen atoms in total. The quantitative estimate of drug-likeness (QED) is 0.579. The smallest absolute Gasteiger partial charge is 0.162 e. The van der Waals surface area contributed by atoms with E-state index < -0.39 is 0 Å². The number of hydrogen-bond donors (Lipinski definition) is 1. The van der Waals surface area contributed by atoms with Gasteiger partial charge in [-0.1, -0.05) is 0 Å². The molecule has 0 aliphatic carbocycles. The summed E-state index contributed by atoms with van der Waals surface area (Å²) in [6.45, 7) is 12.7. The molecule has 0 radical (unpaired) electrons. The Hall–Kier alpha value is -2.93. The number of ether oxygens (including phenoxy) is 2. The minimum Gasteiger partial charge on any atom is -0.493 e. The summed E-state index contributed by atoms with van der Waals surface area (Å²) in [6.07, 6.45) is 3.66. The summed E-state index contributed by atoms with van der Waals surface area (Å²) >= 11 is 0. The number of benzene rings is 1. The van der Waals surface area contributed by atoms with Crippen molar-refractivity contribution >= 4 is 16.7 Å². The lowest BCUT2D eigenvalue weighted by Crippen LogP contribution is -2.43. The fraction of sp³-hybridized carbons (Fsp3) is 0.458. The van der Waals surface area contributed by atoms with Crippen LogP contribution >= 0.6 is 0 Å². The molecule has 0 atom stereocenters. The summed E-state index contributed by atoms with van der Waals surface area (Å²) in [6, 6.07) is 8.28. The molecule has 7 heteroatoms. The van der Waals surface area contributed by atoms with E-state index in [1.54, 1.807) is 20.4 Å². The van der Waals surface area contributed by atoms with E-state index in [9.17, 15) is 0 Å². The molecule has 0 bridgehead atoms. The summed E-state index contributed by atoms with van der Waals surface area (Å²) in [5.41, 5.74) is 2.78. The number of nitrogens with zero attached hydrogens (tertiary/aromatic N) is 4. The second-order valence-corrected chi connectivity index (χ2v) is 8.85. The normalized spacial score (nSPS) is 11.7. The van der Waals surface area contributed by atoms with E-state index in [1.807, 2.05) is 18.3 Å². The van der Waals surface area contributed by atoms with Crippen LogP contribution in [0.5, 0.6) is 11.5 Å². The Bertz CT molecular complexity index is 1010. The summed E-state index contributed by atoms with van der Waals surface area (Å²) in [5, 5.41) is 12.9. The number of rotatable bonds is 8. The molecular formula is C24H33N5O2. The molecule has 2 aromatic heterocycles. The average Bonchev–Trinajstić information content (AvgIpc) is 2.74. The summed E-state index contributed by atoms with van der Waals surface area (Å²) in [7, 11) is 3.24. The third kappa shape index (κ3) is 5.41. The molecule has 0 aliphatic rings. The van der Waals surface area contributed by atoms with E-state index in [1.165, 1.54) is 0 Å². The summed E-state index contributed by atoms with van der Waals surface area (Å²) < 4.78 is 10.9. The van der Waals surface area contributed by atoms with Crippen LogP contribution in [-0.2, 0) is 0 Å². The number of methoxy groups -OCH3 is 2. The molecule has 1 N–H and O–H groups in total. The second kappa shape index (κ2) is 9.47. The first-order valence-electron chi connectivity index (χ1n) is 10.6. The summed E-state index contributed by atoms with van der Waals surface area (Å²) in [5.74, 6) is 2.25. The van der Waals surface area contributed by atoms with Crippen molar-refractivity contribution in [2.45, 2.75) is 46.2 Å². The number of nitrogens with one attached hydrogen (secondary N) is 1.